The van der Waals surface area contributed by atoms with Crippen LogP contribution in [0.5, 0.6) is 0 Å². The molecule has 2 aromatic carbocycles. The first kappa shape index (κ1) is 20.7. The van der Waals surface area contributed by atoms with Gasteiger partial charge >= 0.3 is 6.09 Å². The quantitative estimate of drug-likeness (QED) is 0.719. The van der Waals surface area contributed by atoms with Gasteiger partial charge in [-0.15, -0.1) is 0 Å². The Morgan fingerprint density at radius 1 is 1.13 bits per heavy atom. The Labute approximate surface area is 182 Å². The van der Waals surface area contributed by atoms with Crippen LogP contribution in [0.2, 0.25) is 5.02 Å². The van der Waals surface area contributed by atoms with Crippen LogP contribution in [-0.2, 0) is 21.5 Å². The van der Waals surface area contributed by atoms with Crippen LogP contribution in [0.1, 0.15) is 38.3 Å². The highest BCUT2D eigenvalue weighted by Gasteiger charge is 2.67. The van der Waals surface area contributed by atoms with E-state index in [1.807, 2.05) is 74.2 Å². The van der Waals surface area contributed by atoms with Crippen molar-refractivity contribution in [2.24, 2.45) is 0 Å². The van der Waals surface area contributed by atoms with Gasteiger partial charge in [0.05, 0.1) is 11.5 Å². The van der Waals surface area contributed by atoms with Crippen LogP contribution in [0.15, 0.2) is 54.6 Å². The fourth-order valence-corrected chi connectivity index (χ4v) is 4.50. The van der Waals surface area contributed by atoms with Gasteiger partial charge < -0.3 is 14.5 Å². The summed E-state index contributed by atoms with van der Waals surface area (Å²) in [5.41, 5.74) is 0.561. The molecule has 2 fully saturated rings. The molecule has 0 aromatic heterocycles. The van der Waals surface area contributed by atoms with E-state index in [1.54, 1.807) is 11.0 Å². The van der Waals surface area contributed by atoms with E-state index in [1.165, 1.54) is 0 Å². The largest absolute Gasteiger partial charge is 0.444 e. The van der Waals surface area contributed by atoms with Crippen molar-refractivity contribution in [3.05, 3.63) is 70.7 Å². The Kier molecular flexibility index (Phi) is 5.27. The molecular weight excluding hydrogens is 400 g/mol. The summed E-state index contributed by atoms with van der Waals surface area (Å²) in [4.78, 5) is 30.3. The first-order valence-electron chi connectivity index (χ1n) is 10.3. The van der Waals surface area contributed by atoms with Gasteiger partial charge in [-0.05, 0) is 50.5 Å². The molecule has 0 bridgehead atoms. The first-order chi connectivity index (χ1) is 14.2. The summed E-state index contributed by atoms with van der Waals surface area (Å²) in [6.07, 6.45) is 0.210. The summed E-state index contributed by atoms with van der Waals surface area (Å²) in [6, 6.07) is 17.1. The number of carbonyl (C=O) groups excluding carboxylic acids is 2. The van der Waals surface area contributed by atoms with Crippen LogP contribution < -0.4 is 0 Å². The number of fused-ring (bicyclic) bond motifs is 1. The van der Waals surface area contributed by atoms with Crippen molar-refractivity contribution < 1.29 is 14.3 Å². The number of amides is 2. The molecule has 1 aliphatic carbocycles. The lowest BCUT2D eigenvalue weighted by Crippen LogP contribution is -2.41. The van der Waals surface area contributed by atoms with Crippen LogP contribution >= 0.6 is 11.6 Å². The highest BCUT2D eigenvalue weighted by molar-refractivity contribution is 6.30. The van der Waals surface area contributed by atoms with Gasteiger partial charge in [0.2, 0.25) is 5.91 Å². The number of carbonyl (C=O) groups is 2. The van der Waals surface area contributed by atoms with E-state index in [0.717, 1.165) is 11.1 Å². The third kappa shape index (κ3) is 3.91. The number of rotatable bonds is 3. The summed E-state index contributed by atoms with van der Waals surface area (Å²) in [5.74, 6) is 0.0460. The van der Waals surface area contributed by atoms with E-state index in [2.05, 4.69) is 0 Å². The molecule has 158 valence electrons. The van der Waals surface area contributed by atoms with E-state index >= 15 is 0 Å². The van der Waals surface area contributed by atoms with Crippen molar-refractivity contribution in [2.75, 3.05) is 13.1 Å². The topological polar surface area (TPSA) is 49.9 Å². The smallest absolute Gasteiger partial charge is 0.410 e. The van der Waals surface area contributed by atoms with Gasteiger partial charge in [0.25, 0.3) is 0 Å². The Bertz CT molecular complexity index is 956. The third-order valence-electron chi connectivity index (χ3n) is 5.76. The van der Waals surface area contributed by atoms with Gasteiger partial charge in [0, 0.05) is 24.7 Å². The van der Waals surface area contributed by atoms with Crippen molar-refractivity contribution in [2.45, 2.75) is 50.8 Å². The van der Waals surface area contributed by atoms with Crippen molar-refractivity contribution in [1.29, 1.82) is 0 Å². The van der Waals surface area contributed by atoms with E-state index in [9.17, 15) is 9.59 Å². The van der Waals surface area contributed by atoms with Crippen molar-refractivity contribution in [3.8, 4) is 0 Å². The highest BCUT2D eigenvalue weighted by Crippen LogP contribution is 2.54. The zero-order chi connectivity index (χ0) is 21.5. The molecule has 2 aliphatic rings. The molecule has 2 aromatic rings. The predicted molar refractivity (Wildman–Crippen MR) is 116 cm³/mol. The van der Waals surface area contributed by atoms with Gasteiger partial charge in [-0.3, -0.25) is 4.79 Å². The van der Waals surface area contributed by atoms with E-state index in [-0.39, 0.29) is 18.0 Å². The number of nitrogens with zero attached hydrogens (tertiary/aromatic N) is 2. The lowest BCUT2D eigenvalue weighted by molar-refractivity contribution is -0.134. The normalized spacial score (nSPS) is 23.6. The second-order valence-electron chi connectivity index (χ2n) is 9.09. The number of hydrogen-bond acceptors (Lipinski definition) is 3. The monoisotopic (exact) mass is 426 g/mol. The number of halogens is 1. The molecule has 5 nitrogen and oxygen atoms in total. The first-order valence-corrected chi connectivity index (χ1v) is 10.7. The molecule has 1 heterocycles. The lowest BCUT2D eigenvalue weighted by atomic mass is 9.93. The highest BCUT2D eigenvalue weighted by atomic mass is 35.5. The molecule has 0 N–H and O–H groups in total. The zero-order valence-electron chi connectivity index (χ0n) is 17.6. The molecule has 2 atom stereocenters. The van der Waals surface area contributed by atoms with Crippen molar-refractivity contribution in [3.63, 3.8) is 0 Å². The summed E-state index contributed by atoms with van der Waals surface area (Å²) in [7, 11) is 0. The van der Waals surface area contributed by atoms with Crippen molar-refractivity contribution in [1.82, 2.24) is 9.80 Å². The summed E-state index contributed by atoms with van der Waals surface area (Å²) >= 11 is 6.26. The van der Waals surface area contributed by atoms with Gasteiger partial charge in [-0.2, -0.15) is 0 Å². The van der Waals surface area contributed by atoms with Crippen LogP contribution in [0, 0.1) is 0 Å². The molecule has 1 aliphatic heterocycles. The molecule has 0 unspecified atom stereocenters. The minimum Gasteiger partial charge on any atom is -0.444 e. The molecule has 2 amide bonds. The predicted octanol–water partition coefficient (Wildman–Crippen LogP) is 4.63. The fourth-order valence-electron chi connectivity index (χ4n) is 4.31. The molecule has 6 heteroatoms. The van der Waals surface area contributed by atoms with Gasteiger partial charge in [-0.1, -0.05) is 54.1 Å². The van der Waals surface area contributed by atoms with Gasteiger partial charge in [0.1, 0.15) is 5.60 Å². The molecule has 1 saturated carbocycles. The summed E-state index contributed by atoms with van der Waals surface area (Å²) in [6.45, 7) is 6.98. The summed E-state index contributed by atoms with van der Waals surface area (Å²) in [5, 5.41) is 0.586. The van der Waals surface area contributed by atoms with Crippen LogP contribution in [0.25, 0.3) is 0 Å². The van der Waals surface area contributed by atoms with Gasteiger partial charge in [0.15, 0.2) is 0 Å². The maximum absolute atomic E-state index is 13.8. The number of hydrogen-bond donors (Lipinski definition) is 0. The molecule has 0 radical (unpaired) electrons. The van der Waals surface area contributed by atoms with Crippen molar-refractivity contribution >= 4 is 23.6 Å². The molecule has 30 heavy (non-hydrogen) atoms. The SMILES string of the molecule is CC(C)(C)OC(=O)N1CCN(Cc2ccccc2)C(=O)[C@@]2(c3cccc(Cl)c3)C[C@@H]12. The summed E-state index contributed by atoms with van der Waals surface area (Å²) < 4.78 is 5.65. The Morgan fingerprint density at radius 2 is 1.87 bits per heavy atom. The maximum Gasteiger partial charge on any atom is 0.410 e. The standard InChI is InChI=1S/C24H27ClN2O3/c1-23(2,3)30-22(29)27-13-12-26(16-17-8-5-4-6-9-17)21(28)24(15-20(24)27)18-10-7-11-19(25)14-18/h4-11,14,20H,12-13,15-16H2,1-3H3/t20-,24-/m1/s1. The zero-order valence-corrected chi connectivity index (χ0v) is 18.4. The second-order valence-corrected chi connectivity index (χ2v) is 9.52. The van der Waals surface area contributed by atoms with E-state index in [0.29, 0.717) is 31.1 Å². The molecular formula is C24H27ClN2O3. The number of benzene rings is 2. The molecule has 0 spiro atoms. The Hall–Kier alpha value is -2.53. The van der Waals surface area contributed by atoms with Crippen LogP contribution in [-0.4, -0.2) is 46.5 Å². The van der Waals surface area contributed by atoms with E-state index < -0.39 is 11.0 Å². The third-order valence-corrected chi connectivity index (χ3v) is 6.00. The fraction of sp³-hybridized carbons (Fsp3) is 0.417. The average Bonchev–Trinajstić information content (AvgIpc) is 3.43. The maximum atomic E-state index is 13.8. The minimum atomic E-state index is -0.771. The van der Waals surface area contributed by atoms with E-state index in [4.69, 9.17) is 16.3 Å². The Morgan fingerprint density at radius 3 is 2.53 bits per heavy atom. The Balaban J connectivity index is 1.69. The second kappa shape index (κ2) is 7.62. The minimum absolute atomic E-state index is 0.0460. The molecule has 4 rings (SSSR count). The molecule has 1 saturated heterocycles. The van der Waals surface area contributed by atoms with Gasteiger partial charge in [-0.25, -0.2) is 4.79 Å². The van der Waals surface area contributed by atoms with Crippen LogP contribution in [0.3, 0.4) is 0 Å². The van der Waals surface area contributed by atoms with Crippen LogP contribution in [0.4, 0.5) is 4.79 Å². The lowest BCUT2D eigenvalue weighted by Gasteiger charge is -2.27. The number of ether oxygens (including phenoxy) is 1. The average molecular weight is 427 g/mol.